The summed E-state index contributed by atoms with van der Waals surface area (Å²) in [4.78, 5) is 11.5. The Hall–Kier alpha value is -1.30. The zero-order valence-electron chi connectivity index (χ0n) is 11.5. The molecule has 0 bridgehead atoms. The molecule has 1 saturated heterocycles. The summed E-state index contributed by atoms with van der Waals surface area (Å²) >= 11 is 0. The molecule has 1 aliphatic heterocycles. The number of rotatable bonds is 4. The number of nitrogens with one attached hydrogen (secondary N) is 1. The molecule has 0 aromatic heterocycles. The first kappa shape index (κ1) is 15.1. The van der Waals surface area contributed by atoms with Crippen molar-refractivity contribution in [2.24, 2.45) is 5.92 Å². The quantitative estimate of drug-likeness (QED) is 0.804. The SMILES string of the molecule is O=C(NC/C=C/C1CC=CCC1)OC1CCS(=O)(=O)C1. The topological polar surface area (TPSA) is 72.5 Å². The number of amides is 1. The Morgan fingerprint density at radius 2 is 2.20 bits per heavy atom. The van der Waals surface area contributed by atoms with Crippen molar-refractivity contribution in [3.05, 3.63) is 24.3 Å². The molecule has 2 atom stereocenters. The highest BCUT2D eigenvalue weighted by Gasteiger charge is 2.30. The van der Waals surface area contributed by atoms with Crippen molar-refractivity contribution in [2.45, 2.75) is 31.8 Å². The first-order valence-electron chi connectivity index (χ1n) is 7.02. The third kappa shape index (κ3) is 5.00. The number of alkyl carbamates (subject to hydrolysis) is 1. The largest absolute Gasteiger partial charge is 0.445 e. The van der Waals surface area contributed by atoms with Crippen molar-refractivity contribution >= 4 is 15.9 Å². The predicted molar refractivity (Wildman–Crippen MR) is 77.2 cm³/mol. The molecule has 0 radical (unpaired) electrons. The van der Waals surface area contributed by atoms with Crippen LogP contribution < -0.4 is 5.32 Å². The van der Waals surface area contributed by atoms with E-state index in [1.807, 2.05) is 6.08 Å². The van der Waals surface area contributed by atoms with Gasteiger partial charge in [0.05, 0.1) is 11.5 Å². The molecule has 0 saturated carbocycles. The summed E-state index contributed by atoms with van der Waals surface area (Å²) in [6.45, 7) is 0.415. The lowest BCUT2D eigenvalue weighted by atomic mass is 9.94. The van der Waals surface area contributed by atoms with Crippen LogP contribution in [0.25, 0.3) is 0 Å². The van der Waals surface area contributed by atoms with Crippen LogP contribution in [0.15, 0.2) is 24.3 Å². The molecule has 1 amide bonds. The lowest BCUT2D eigenvalue weighted by Gasteiger charge is -2.13. The van der Waals surface area contributed by atoms with E-state index in [-0.39, 0.29) is 11.5 Å². The van der Waals surface area contributed by atoms with Gasteiger partial charge in [0.15, 0.2) is 9.84 Å². The van der Waals surface area contributed by atoms with E-state index in [4.69, 9.17) is 4.74 Å². The standard InChI is InChI=1S/C14H21NO4S/c16-14(19-13-8-10-20(17,18)11-13)15-9-4-7-12-5-2-1-3-6-12/h1-2,4,7,12-13H,3,5-6,8-11H2,(H,15,16)/b7-4+. The van der Waals surface area contributed by atoms with Crippen LogP contribution >= 0.6 is 0 Å². The second kappa shape index (κ2) is 6.92. The molecule has 1 aliphatic carbocycles. The van der Waals surface area contributed by atoms with Crippen LogP contribution in [0.2, 0.25) is 0 Å². The van der Waals surface area contributed by atoms with E-state index < -0.39 is 22.0 Å². The van der Waals surface area contributed by atoms with Crippen molar-refractivity contribution in [1.82, 2.24) is 5.32 Å². The molecule has 5 nitrogen and oxygen atoms in total. The molecular weight excluding hydrogens is 278 g/mol. The fraction of sp³-hybridized carbons (Fsp3) is 0.643. The van der Waals surface area contributed by atoms with E-state index >= 15 is 0 Å². The van der Waals surface area contributed by atoms with Crippen molar-refractivity contribution in [2.75, 3.05) is 18.1 Å². The molecule has 1 N–H and O–H groups in total. The summed E-state index contributed by atoms with van der Waals surface area (Å²) in [5, 5.41) is 2.62. The molecule has 1 heterocycles. The van der Waals surface area contributed by atoms with Crippen molar-refractivity contribution in [1.29, 1.82) is 0 Å². The molecule has 2 unspecified atom stereocenters. The number of carbonyl (C=O) groups is 1. The van der Waals surface area contributed by atoms with Gasteiger partial charge in [-0.25, -0.2) is 13.2 Å². The van der Waals surface area contributed by atoms with Crippen molar-refractivity contribution in [3.63, 3.8) is 0 Å². The molecule has 1 fully saturated rings. The first-order chi connectivity index (χ1) is 9.55. The van der Waals surface area contributed by atoms with Crippen LogP contribution in [0.4, 0.5) is 4.79 Å². The maximum Gasteiger partial charge on any atom is 0.407 e. The van der Waals surface area contributed by atoms with Gasteiger partial charge in [-0.1, -0.05) is 24.3 Å². The molecular formula is C14H21NO4S. The Bertz CT molecular complexity index is 495. The summed E-state index contributed by atoms with van der Waals surface area (Å²) in [5.41, 5.74) is 0. The van der Waals surface area contributed by atoms with Gasteiger partial charge in [0.2, 0.25) is 0 Å². The Morgan fingerprint density at radius 3 is 2.85 bits per heavy atom. The number of carbonyl (C=O) groups excluding carboxylic acids is 1. The summed E-state index contributed by atoms with van der Waals surface area (Å²) in [6.07, 6.45) is 11.1. The molecule has 0 aromatic rings. The second-order valence-electron chi connectivity index (χ2n) is 5.28. The number of ether oxygens (including phenoxy) is 1. The Kier molecular flexibility index (Phi) is 5.23. The molecule has 2 rings (SSSR count). The second-order valence-corrected chi connectivity index (χ2v) is 7.51. The van der Waals surface area contributed by atoms with Gasteiger partial charge in [-0.15, -0.1) is 0 Å². The average molecular weight is 299 g/mol. The number of sulfone groups is 1. The van der Waals surface area contributed by atoms with E-state index in [0.717, 1.165) is 19.3 Å². The molecule has 2 aliphatic rings. The fourth-order valence-electron chi connectivity index (χ4n) is 2.44. The Morgan fingerprint density at radius 1 is 1.35 bits per heavy atom. The molecule has 6 heteroatoms. The number of hydrogen-bond acceptors (Lipinski definition) is 4. The summed E-state index contributed by atoms with van der Waals surface area (Å²) in [5.74, 6) is 0.614. The summed E-state index contributed by atoms with van der Waals surface area (Å²) in [6, 6.07) is 0. The molecule has 0 aromatic carbocycles. The van der Waals surface area contributed by atoms with Gasteiger partial charge >= 0.3 is 6.09 Å². The van der Waals surface area contributed by atoms with Crippen LogP contribution in [0.5, 0.6) is 0 Å². The van der Waals surface area contributed by atoms with Gasteiger partial charge < -0.3 is 10.1 Å². The predicted octanol–water partition coefficient (Wildman–Crippen LogP) is 1.81. The van der Waals surface area contributed by atoms with Crippen LogP contribution in [0.3, 0.4) is 0 Å². The average Bonchev–Trinajstić information content (AvgIpc) is 2.75. The monoisotopic (exact) mass is 299 g/mol. The minimum atomic E-state index is -3.01. The third-order valence-corrected chi connectivity index (χ3v) is 5.28. The maximum absolute atomic E-state index is 11.5. The fourth-order valence-corrected chi connectivity index (χ4v) is 4.03. The number of allylic oxidation sites excluding steroid dienone is 3. The lowest BCUT2D eigenvalue weighted by Crippen LogP contribution is -2.29. The molecule has 112 valence electrons. The van der Waals surface area contributed by atoms with Gasteiger partial charge in [-0.05, 0) is 31.6 Å². The highest BCUT2D eigenvalue weighted by molar-refractivity contribution is 7.91. The Labute approximate surface area is 120 Å². The molecule has 20 heavy (non-hydrogen) atoms. The normalized spacial score (nSPS) is 28.6. The van der Waals surface area contributed by atoms with Crippen LogP contribution in [-0.2, 0) is 14.6 Å². The number of hydrogen-bond donors (Lipinski definition) is 1. The van der Waals surface area contributed by atoms with Gasteiger partial charge in [0.25, 0.3) is 0 Å². The van der Waals surface area contributed by atoms with Gasteiger partial charge in [0, 0.05) is 6.54 Å². The van der Waals surface area contributed by atoms with Crippen molar-refractivity contribution < 1.29 is 17.9 Å². The van der Waals surface area contributed by atoms with Gasteiger partial charge in [-0.2, -0.15) is 0 Å². The highest BCUT2D eigenvalue weighted by atomic mass is 32.2. The van der Waals surface area contributed by atoms with Gasteiger partial charge in [-0.3, -0.25) is 0 Å². The highest BCUT2D eigenvalue weighted by Crippen LogP contribution is 2.18. The third-order valence-electron chi connectivity index (χ3n) is 3.55. The van der Waals surface area contributed by atoms with Crippen LogP contribution in [0, 0.1) is 5.92 Å². The van der Waals surface area contributed by atoms with Gasteiger partial charge in [0.1, 0.15) is 6.10 Å². The van der Waals surface area contributed by atoms with E-state index in [9.17, 15) is 13.2 Å². The minimum Gasteiger partial charge on any atom is -0.445 e. The van der Waals surface area contributed by atoms with E-state index in [2.05, 4.69) is 23.5 Å². The van der Waals surface area contributed by atoms with Crippen molar-refractivity contribution in [3.8, 4) is 0 Å². The minimum absolute atomic E-state index is 0.0509. The van der Waals surface area contributed by atoms with Crippen LogP contribution in [0.1, 0.15) is 25.7 Å². The zero-order valence-corrected chi connectivity index (χ0v) is 12.3. The van der Waals surface area contributed by atoms with Crippen LogP contribution in [-0.4, -0.2) is 38.7 Å². The van der Waals surface area contributed by atoms with E-state index in [0.29, 0.717) is 18.9 Å². The smallest absolute Gasteiger partial charge is 0.407 e. The summed E-state index contributed by atoms with van der Waals surface area (Å²) in [7, 11) is -3.01. The Balaban J connectivity index is 1.63. The van der Waals surface area contributed by atoms with E-state index in [1.54, 1.807) is 0 Å². The molecule has 0 spiro atoms. The zero-order chi connectivity index (χ0) is 14.4. The lowest BCUT2D eigenvalue weighted by molar-refractivity contribution is 0.111. The first-order valence-corrected chi connectivity index (χ1v) is 8.84. The van der Waals surface area contributed by atoms with E-state index in [1.165, 1.54) is 0 Å². The summed E-state index contributed by atoms with van der Waals surface area (Å²) < 4.78 is 27.5. The maximum atomic E-state index is 11.5.